The van der Waals surface area contributed by atoms with E-state index in [1.54, 1.807) is 0 Å². The molecular formula is C6H9N3O2. The molecule has 0 aliphatic carbocycles. The van der Waals surface area contributed by atoms with Crippen molar-refractivity contribution in [3.8, 4) is 11.8 Å². The summed E-state index contributed by atoms with van der Waals surface area (Å²) in [4.78, 5) is 6.94. The highest BCUT2D eigenvalue weighted by molar-refractivity contribution is 5.29. The van der Waals surface area contributed by atoms with Gasteiger partial charge in [-0.3, -0.25) is 0 Å². The van der Waals surface area contributed by atoms with E-state index in [0.29, 0.717) is 0 Å². The zero-order valence-corrected chi connectivity index (χ0v) is 5.37. The van der Waals surface area contributed by atoms with E-state index < -0.39 is 25.8 Å². The lowest BCUT2D eigenvalue weighted by atomic mass is 10.6. The molecule has 0 atom stereocenters. The summed E-state index contributed by atoms with van der Waals surface area (Å²) in [5.41, 5.74) is 5.25. The third kappa shape index (κ3) is 1.70. The molecule has 0 saturated heterocycles. The minimum atomic E-state index is -2.72. The highest BCUT2D eigenvalue weighted by Crippen LogP contribution is 2.14. The first kappa shape index (κ1) is 2.84. The van der Waals surface area contributed by atoms with Crippen LogP contribution >= 0.6 is 0 Å². The van der Waals surface area contributed by atoms with Gasteiger partial charge in [0.15, 0.2) is 0 Å². The zero-order valence-electron chi connectivity index (χ0n) is 11.4. The Labute approximate surface area is 72.6 Å². The van der Waals surface area contributed by atoms with Crippen LogP contribution in [-0.4, -0.2) is 24.0 Å². The van der Waals surface area contributed by atoms with E-state index in [2.05, 4.69) is 19.4 Å². The van der Waals surface area contributed by atoms with Crippen LogP contribution in [0.15, 0.2) is 6.07 Å². The normalized spacial score (nSPS) is 19.6. The minimum Gasteiger partial charge on any atom is -0.481 e. The second kappa shape index (κ2) is 3.05. The van der Waals surface area contributed by atoms with Crippen molar-refractivity contribution in [1.82, 2.24) is 9.97 Å². The van der Waals surface area contributed by atoms with Gasteiger partial charge in [-0.15, -0.1) is 0 Å². The van der Waals surface area contributed by atoms with Gasteiger partial charge in [-0.2, -0.15) is 9.97 Å². The molecule has 0 amide bonds. The number of aromatic nitrogens is 2. The van der Waals surface area contributed by atoms with Crippen LogP contribution in [0.5, 0.6) is 11.8 Å². The number of methoxy groups -OCH3 is 2. The number of nitrogen functional groups attached to an aromatic ring is 1. The maximum Gasteiger partial charge on any atom is 0.226 e. The predicted octanol–water partition coefficient (Wildman–Crippen LogP) is 0.0760. The Hall–Kier alpha value is -1.52. The summed E-state index contributed by atoms with van der Waals surface area (Å²) in [6.45, 7) is 0. The molecule has 0 fully saturated rings. The summed E-state index contributed by atoms with van der Waals surface area (Å²) in [7, 11) is -5.45. The molecule has 60 valence electrons. The third-order valence-electron chi connectivity index (χ3n) is 0.906. The molecule has 0 spiro atoms. The van der Waals surface area contributed by atoms with Crippen LogP contribution in [0.4, 0.5) is 5.95 Å². The second-order valence-corrected chi connectivity index (χ2v) is 1.61. The van der Waals surface area contributed by atoms with E-state index in [1.807, 2.05) is 0 Å². The molecule has 11 heavy (non-hydrogen) atoms. The Balaban J connectivity index is 2.95. The van der Waals surface area contributed by atoms with Crippen LogP contribution in [-0.2, 0) is 0 Å². The maximum absolute atomic E-state index is 6.85. The largest absolute Gasteiger partial charge is 0.481 e. The summed E-state index contributed by atoms with van der Waals surface area (Å²) in [5, 5.41) is 0. The van der Waals surface area contributed by atoms with E-state index in [0.717, 1.165) is 6.07 Å². The number of rotatable bonds is 2. The summed E-state index contributed by atoms with van der Waals surface area (Å²) < 4.78 is 50.0. The molecule has 1 aromatic rings. The average Bonchev–Trinajstić information content (AvgIpc) is 1.93. The first-order valence-electron chi connectivity index (χ1n) is 5.58. The van der Waals surface area contributed by atoms with Gasteiger partial charge in [-0.25, -0.2) is 0 Å². The van der Waals surface area contributed by atoms with E-state index in [9.17, 15) is 0 Å². The van der Waals surface area contributed by atoms with Crippen LogP contribution in [0, 0.1) is 0 Å². The Morgan fingerprint density at radius 1 is 1.36 bits per heavy atom. The van der Waals surface area contributed by atoms with E-state index in [-0.39, 0.29) is 5.95 Å². The lowest BCUT2D eigenvalue weighted by Gasteiger charge is -2.01. The van der Waals surface area contributed by atoms with Crippen LogP contribution < -0.4 is 15.2 Å². The number of nitrogens with two attached hydrogens (primary N) is 1. The van der Waals surface area contributed by atoms with Gasteiger partial charge < -0.3 is 15.2 Å². The lowest BCUT2D eigenvalue weighted by molar-refractivity contribution is 0.373. The Morgan fingerprint density at radius 3 is 2.36 bits per heavy atom. The number of nitrogens with zero attached hydrogens (tertiary/aromatic N) is 2. The van der Waals surface area contributed by atoms with Gasteiger partial charge in [0, 0.05) is 0 Å². The number of hydrogen-bond donors (Lipinski definition) is 1. The third-order valence-corrected chi connectivity index (χ3v) is 0.906. The van der Waals surface area contributed by atoms with Crippen molar-refractivity contribution in [2.45, 2.75) is 0 Å². The van der Waals surface area contributed by atoms with Gasteiger partial charge in [0.05, 0.1) is 28.4 Å². The van der Waals surface area contributed by atoms with Crippen molar-refractivity contribution < 1.29 is 17.7 Å². The predicted molar refractivity (Wildman–Crippen MR) is 39.5 cm³/mol. The van der Waals surface area contributed by atoms with Gasteiger partial charge >= 0.3 is 0 Å². The van der Waals surface area contributed by atoms with Gasteiger partial charge in [0.2, 0.25) is 17.7 Å². The van der Waals surface area contributed by atoms with Crippen molar-refractivity contribution >= 4 is 5.95 Å². The molecule has 2 N–H and O–H groups in total. The molecule has 0 unspecified atom stereocenters. The van der Waals surface area contributed by atoms with Gasteiger partial charge in [-0.05, 0) is 0 Å². The van der Waals surface area contributed by atoms with Crippen LogP contribution in [0.1, 0.15) is 8.22 Å². The zero-order chi connectivity index (χ0) is 13.3. The van der Waals surface area contributed by atoms with Gasteiger partial charge in [0.25, 0.3) is 0 Å². The average molecular weight is 161 g/mol. The van der Waals surface area contributed by atoms with Gasteiger partial charge in [0.1, 0.15) is 0 Å². The SMILES string of the molecule is [2H]C([2H])([2H])Oc1cc(OC([2H])([2H])[2H])nc(N)n1. The van der Waals surface area contributed by atoms with Crippen LogP contribution in [0.2, 0.25) is 0 Å². The number of hydrogen-bond acceptors (Lipinski definition) is 5. The van der Waals surface area contributed by atoms with Crippen molar-refractivity contribution in [2.24, 2.45) is 0 Å². The first-order chi connectivity index (χ1) is 7.55. The molecule has 0 aliphatic heterocycles. The van der Waals surface area contributed by atoms with Crippen molar-refractivity contribution in [1.29, 1.82) is 0 Å². The van der Waals surface area contributed by atoms with Crippen molar-refractivity contribution in [2.75, 3.05) is 19.8 Å². The smallest absolute Gasteiger partial charge is 0.226 e. The quantitative estimate of drug-likeness (QED) is 0.665. The summed E-state index contributed by atoms with van der Waals surface area (Å²) in [6, 6.07) is 0.926. The van der Waals surface area contributed by atoms with E-state index >= 15 is 0 Å². The standard InChI is InChI=1S/C6H9N3O2/c1-10-4-3-5(11-2)9-6(7)8-4/h3H,1-2H3,(H2,7,8,9)/i1D3,2D3. The molecule has 0 saturated carbocycles. The highest BCUT2D eigenvalue weighted by Gasteiger charge is 2.00. The molecule has 1 aromatic heterocycles. The molecule has 0 radical (unpaired) electrons. The Morgan fingerprint density at radius 2 is 1.91 bits per heavy atom. The molecule has 0 aliphatic rings. The monoisotopic (exact) mass is 161 g/mol. The fraction of sp³-hybridized carbons (Fsp3) is 0.333. The van der Waals surface area contributed by atoms with Crippen LogP contribution in [0.3, 0.4) is 0 Å². The van der Waals surface area contributed by atoms with E-state index in [4.69, 9.17) is 14.0 Å². The van der Waals surface area contributed by atoms with Crippen molar-refractivity contribution in [3.63, 3.8) is 0 Å². The van der Waals surface area contributed by atoms with Crippen LogP contribution in [0.25, 0.3) is 0 Å². The molecule has 1 rings (SSSR count). The number of ether oxygens (including phenoxy) is 2. The number of anilines is 1. The molecule has 0 bridgehead atoms. The summed E-state index contributed by atoms with van der Waals surface area (Å²) in [5.74, 6) is -1.14. The maximum atomic E-state index is 6.85. The summed E-state index contributed by atoms with van der Waals surface area (Å²) >= 11 is 0. The fourth-order valence-electron chi connectivity index (χ4n) is 0.526. The Kier molecular flexibility index (Phi) is 0.788. The highest BCUT2D eigenvalue weighted by atomic mass is 16.5. The second-order valence-electron chi connectivity index (χ2n) is 1.61. The topological polar surface area (TPSA) is 70.3 Å². The lowest BCUT2D eigenvalue weighted by Crippen LogP contribution is -1.99. The molecule has 0 aromatic carbocycles. The minimum absolute atomic E-state index is 0.356. The molecular weight excluding hydrogens is 146 g/mol. The summed E-state index contributed by atoms with van der Waals surface area (Å²) in [6.07, 6.45) is 0. The van der Waals surface area contributed by atoms with E-state index in [1.165, 1.54) is 0 Å². The van der Waals surface area contributed by atoms with Crippen molar-refractivity contribution in [3.05, 3.63) is 6.07 Å². The molecule has 1 heterocycles. The molecule has 5 heteroatoms. The molecule has 5 nitrogen and oxygen atoms in total. The Bertz CT molecular complexity index is 369. The van der Waals surface area contributed by atoms with Gasteiger partial charge in [-0.1, -0.05) is 0 Å². The fourth-order valence-corrected chi connectivity index (χ4v) is 0.526. The first-order valence-corrected chi connectivity index (χ1v) is 2.58.